The summed E-state index contributed by atoms with van der Waals surface area (Å²) in [6.45, 7) is 0.539. The van der Waals surface area contributed by atoms with E-state index in [9.17, 15) is 4.79 Å². The van der Waals surface area contributed by atoms with E-state index in [1.54, 1.807) is 11.0 Å². The first-order valence-corrected chi connectivity index (χ1v) is 9.15. The zero-order valence-electron chi connectivity index (χ0n) is 13.9. The van der Waals surface area contributed by atoms with Gasteiger partial charge in [-0.15, -0.1) is 12.4 Å². The van der Waals surface area contributed by atoms with Crippen LogP contribution in [0.2, 0.25) is 10.0 Å². The summed E-state index contributed by atoms with van der Waals surface area (Å²) in [7, 11) is 1.86. The minimum absolute atomic E-state index is 0. The van der Waals surface area contributed by atoms with Gasteiger partial charge in [0.2, 0.25) is 5.91 Å². The van der Waals surface area contributed by atoms with E-state index in [-0.39, 0.29) is 24.2 Å². The third-order valence-electron chi connectivity index (χ3n) is 5.48. The molecule has 3 rings (SSSR count). The molecule has 2 aliphatic carbocycles. The predicted molar refractivity (Wildman–Crippen MR) is 102 cm³/mol. The Balaban J connectivity index is 0.00000208. The van der Waals surface area contributed by atoms with Crippen molar-refractivity contribution in [3.05, 3.63) is 33.8 Å². The van der Waals surface area contributed by atoms with Crippen molar-refractivity contribution in [1.82, 2.24) is 4.90 Å². The highest BCUT2D eigenvalue weighted by atomic mass is 35.5. The number of fused-ring (bicyclic) bond motifs is 2. The SMILES string of the molecule is CN(Cc1cc(Cl)cc(Cl)c1)C(=O)C1CC2CCCC(C1)C2N.Cl. The lowest BCUT2D eigenvalue weighted by molar-refractivity contribution is -0.137. The van der Waals surface area contributed by atoms with Crippen LogP contribution in [0.25, 0.3) is 0 Å². The van der Waals surface area contributed by atoms with E-state index >= 15 is 0 Å². The highest BCUT2D eigenvalue weighted by Gasteiger charge is 2.41. The molecule has 6 heteroatoms. The minimum atomic E-state index is 0. The highest BCUT2D eigenvalue weighted by Crippen LogP contribution is 2.42. The fourth-order valence-corrected chi connectivity index (χ4v) is 4.93. The van der Waals surface area contributed by atoms with Crippen molar-refractivity contribution < 1.29 is 4.79 Å². The lowest BCUT2D eigenvalue weighted by Crippen LogP contribution is -2.49. The van der Waals surface area contributed by atoms with Crippen LogP contribution in [0.15, 0.2) is 18.2 Å². The standard InChI is InChI=1S/C18H24Cl2N2O.ClH/c1-22(10-11-5-15(19)9-16(20)6-11)18(23)14-7-12-3-2-4-13(8-14)17(12)21;/h5-6,9,12-14,17H,2-4,7-8,10,21H2,1H3;1H. The van der Waals surface area contributed by atoms with Crippen molar-refractivity contribution in [3.63, 3.8) is 0 Å². The smallest absolute Gasteiger partial charge is 0.225 e. The molecule has 3 nitrogen and oxygen atoms in total. The first-order valence-electron chi connectivity index (χ1n) is 8.39. The number of hydrogen-bond donors (Lipinski definition) is 1. The maximum atomic E-state index is 12.8. The number of benzene rings is 1. The quantitative estimate of drug-likeness (QED) is 0.823. The van der Waals surface area contributed by atoms with Crippen LogP contribution < -0.4 is 5.73 Å². The molecule has 2 saturated carbocycles. The molecule has 2 aliphatic rings. The van der Waals surface area contributed by atoms with Gasteiger partial charge in [-0.2, -0.15) is 0 Å². The number of amides is 1. The van der Waals surface area contributed by atoms with Crippen LogP contribution in [0.1, 0.15) is 37.7 Å². The van der Waals surface area contributed by atoms with Crippen LogP contribution in [0.4, 0.5) is 0 Å². The monoisotopic (exact) mass is 390 g/mol. The van der Waals surface area contributed by atoms with Crippen LogP contribution in [-0.4, -0.2) is 23.9 Å². The van der Waals surface area contributed by atoms with Gasteiger partial charge in [0.05, 0.1) is 0 Å². The summed E-state index contributed by atoms with van der Waals surface area (Å²) in [4.78, 5) is 14.6. The third kappa shape index (κ3) is 4.37. The Bertz CT molecular complexity index is 561. The van der Waals surface area contributed by atoms with Crippen molar-refractivity contribution in [2.45, 2.75) is 44.7 Å². The molecule has 2 N–H and O–H groups in total. The molecule has 0 spiro atoms. The van der Waals surface area contributed by atoms with E-state index in [2.05, 4.69) is 0 Å². The number of nitrogens with zero attached hydrogens (tertiary/aromatic N) is 1. The second-order valence-corrected chi connectivity index (χ2v) is 8.04. The van der Waals surface area contributed by atoms with Gasteiger partial charge in [-0.05, 0) is 61.3 Å². The van der Waals surface area contributed by atoms with E-state index in [1.807, 2.05) is 19.2 Å². The molecule has 0 aromatic heterocycles. The zero-order valence-corrected chi connectivity index (χ0v) is 16.2. The van der Waals surface area contributed by atoms with Gasteiger partial charge >= 0.3 is 0 Å². The Morgan fingerprint density at radius 2 is 1.71 bits per heavy atom. The van der Waals surface area contributed by atoms with Gasteiger partial charge in [0.15, 0.2) is 0 Å². The van der Waals surface area contributed by atoms with Gasteiger partial charge in [0.1, 0.15) is 0 Å². The van der Waals surface area contributed by atoms with Gasteiger partial charge in [-0.25, -0.2) is 0 Å². The minimum Gasteiger partial charge on any atom is -0.341 e. The molecule has 0 aliphatic heterocycles. The normalized spacial score (nSPS) is 28.8. The average Bonchev–Trinajstić information content (AvgIpc) is 2.45. The van der Waals surface area contributed by atoms with Crippen LogP contribution in [0, 0.1) is 17.8 Å². The van der Waals surface area contributed by atoms with E-state index < -0.39 is 0 Å². The lowest BCUT2D eigenvalue weighted by Gasteiger charge is -2.44. The number of carbonyl (C=O) groups is 1. The van der Waals surface area contributed by atoms with Crippen molar-refractivity contribution in [1.29, 1.82) is 0 Å². The Hall–Kier alpha value is -0.480. The third-order valence-corrected chi connectivity index (χ3v) is 5.92. The highest BCUT2D eigenvalue weighted by molar-refractivity contribution is 6.34. The first-order chi connectivity index (χ1) is 10.9. The van der Waals surface area contributed by atoms with Gasteiger partial charge in [-0.1, -0.05) is 29.6 Å². The largest absolute Gasteiger partial charge is 0.341 e. The molecule has 2 bridgehead atoms. The topological polar surface area (TPSA) is 46.3 Å². The number of rotatable bonds is 3. The number of halogens is 3. The molecule has 0 saturated heterocycles. The predicted octanol–water partition coefficient (Wildman–Crippen LogP) is 4.53. The molecule has 24 heavy (non-hydrogen) atoms. The summed E-state index contributed by atoms with van der Waals surface area (Å²) in [5.74, 6) is 1.38. The van der Waals surface area contributed by atoms with Crippen molar-refractivity contribution >= 4 is 41.5 Å². The van der Waals surface area contributed by atoms with Gasteiger partial charge in [-0.3, -0.25) is 4.79 Å². The van der Waals surface area contributed by atoms with Crippen molar-refractivity contribution in [2.24, 2.45) is 23.5 Å². The van der Waals surface area contributed by atoms with Gasteiger partial charge in [0.25, 0.3) is 0 Å². The molecule has 2 fully saturated rings. The van der Waals surface area contributed by atoms with Crippen molar-refractivity contribution in [3.8, 4) is 0 Å². The summed E-state index contributed by atoms with van der Waals surface area (Å²) in [6, 6.07) is 5.73. The second kappa shape index (κ2) is 8.27. The van der Waals surface area contributed by atoms with Crippen molar-refractivity contribution in [2.75, 3.05) is 7.05 Å². The summed E-state index contributed by atoms with van der Waals surface area (Å²) in [5.41, 5.74) is 7.29. The Kier molecular flexibility index (Phi) is 6.83. The maximum Gasteiger partial charge on any atom is 0.225 e. The summed E-state index contributed by atoms with van der Waals surface area (Å²) in [5, 5.41) is 1.21. The number of nitrogens with two attached hydrogens (primary N) is 1. The van der Waals surface area contributed by atoms with Crippen LogP contribution >= 0.6 is 35.6 Å². The van der Waals surface area contributed by atoms with Gasteiger partial charge in [0, 0.05) is 35.6 Å². The Morgan fingerprint density at radius 1 is 1.17 bits per heavy atom. The summed E-state index contributed by atoms with van der Waals surface area (Å²) >= 11 is 12.1. The molecule has 1 aromatic carbocycles. The first kappa shape index (κ1) is 19.8. The Labute approximate surface area is 160 Å². The lowest BCUT2D eigenvalue weighted by atomic mass is 9.65. The van der Waals surface area contributed by atoms with E-state index in [1.165, 1.54) is 19.3 Å². The zero-order chi connectivity index (χ0) is 16.6. The van der Waals surface area contributed by atoms with E-state index in [0.29, 0.717) is 34.5 Å². The van der Waals surface area contributed by atoms with Gasteiger partial charge < -0.3 is 10.6 Å². The average molecular weight is 392 g/mol. The van der Waals surface area contributed by atoms with E-state index in [0.717, 1.165) is 18.4 Å². The van der Waals surface area contributed by atoms with Crippen LogP contribution in [-0.2, 0) is 11.3 Å². The van der Waals surface area contributed by atoms with E-state index in [4.69, 9.17) is 28.9 Å². The molecule has 0 radical (unpaired) electrons. The molecular formula is C18H25Cl3N2O. The Morgan fingerprint density at radius 3 is 2.25 bits per heavy atom. The molecule has 134 valence electrons. The molecule has 1 amide bonds. The fraction of sp³-hybridized carbons (Fsp3) is 0.611. The van der Waals surface area contributed by atoms with Crippen LogP contribution in [0.5, 0.6) is 0 Å². The number of hydrogen-bond acceptors (Lipinski definition) is 2. The molecule has 1 aromatic rings. The molecule has 2 unspecified atom stereocenters. The molecule has 0 heterocycles. The maximum absolute atomic E-state index is 12.8. The fourth-order valence-electron chi connectivity index (χ4n) is 4.36. The summed E-state index contributed by atoms with van der Waals surface area (Å²) in [6.07, 6.45) is 5.50. The second-order valence-electron chi connectivity index (χ2n) is 7.17. The molecular weight excluding hydrogens is 367 g/mol. The van der Waals surface area contributed by atoms with Crippen LogP contribution in [0.3, 0.4) is 0 Å². The molecule has 2 atom stereocenters. The summed E-state index contributed by atoms with van der Waals surface area (Å²) < 4.78 is 0. The number of carbonyl (C=O) groups excluding carboxylic acids is 1.